The number of nitrogens with one attached hydrogen (secondary N) is 2. The van der Waals surface area contributed by atoms with Crippen LogP contribution in [-0.2, 0) is 4.79 Å². The highest BCUT2D eigenvalue weighted by Crippen LogP contribution is 2.15. The Morgan fingerprint density at radius 3 is 2.18 bits per heavy atom. The minimum atomic E-state index is -0.189. The van der Waals surface area contributed by atoms with Crippen LogP contribution in [0.4, 0.5) is 0 Å². The van der Waals surface area contributed by atoms with Gasteiger partial charge in [0, 0.05) is 43.7 Å². The number of carbonyl (C=O) groups is 3. The minimum absolute atomic E-state index is 0.00321. The van der Waals surface area contributed by atoms with Gasteiger partial charge in [0.1, 0.15) is 5.88 Å². The van der Waals surface area contributed by atoms with E-state index in [1.165, 1.54) is 0 Å². The van der Waals surface area contributed by atoms with Crippen molar-refractivity contribution < 1.29 is 14.4 Å². The summed E-state index contributed by atoms with van der Waals surface area (Å²) in [5, 5.41) is 5.35. The Morgan fingerprint density at radius 2 is 1.68 bits per heavy atom. The van der Waals surface area contributed by atoms with Gasteiger partial charge in [0.25, 0.3) is 11.8 Å². The Hall–Kier alpha value is -2.08. The summed E-state index contributed by atoms with van der Waals surface area (Å²) < 4.78 is 0. The van der Waals surface area contributed by atoms with E-state index in [1.54, 1.807) is 36.2 Å². The number of alkyl halides is 1. The summed E-state index contributed by atoms with van der Waals surface area (Å²) in [6, 6.07) is 6.45. The Morgan fingerprint density at radius 1 is 1.14 bits per heavy atom. The number of hydrogen-bond donors (Lipinski definition) is 2. The first kappa shape index (κ1) is 16.3. The number of halogens is 1. The molecule has 6 nitrogen and oxygen atoms in total. The number of nitrogens with zero attached hydrogens (tertiary/aromatic N) is 1. The van der Waals surface area contributed by atoms with Gasteiger partial charge in [-0.15, -0.1) is 11.6 Å². The van der Waals surface area contributed by atoms with Crippen molar-refractivity contribution in [2.45, 2.75) is 0 Å². The van der Waals surface area contributed by atoms with Crippen molar-refractivity contribution >= 4 is 29.3 Å². The average Bonchev–Trinajstić information content (AvgIpc) is 2.52. The molecule has 1 saturated heterocycles. The van der Waals surface area contributed by atoms with Gasteiger partial charge in [-0.2, -0.15) is 0 Å². The van der Waals surface area contributed by atoms with Crippen LogP contribution < -0.4 is 10.6 Å². The Labute approximate surface area is 133 Å². The predicted octanol–water partition coefficient (Wildman–Crippen LogP) is 0.473. The second kappa shape index (κ2) is 7.26. The van der Waals surface area contributed by atoms with Crippen LogP contribution in [0, 0.1) is 5.92 Å². The summed E-state index contributed by atoms with van der Waals surface area (Å²) >= 11 is 5.47. The molecule has 3 amide bonds. The number of amides is 3. The lowest BCUT2D eigenvalue weighted by Crippen LogP contribution is -2.54. The van der Waals surface area contributed by atoms with Crippen molar-refractivity contribution in [1.29, 1.82) is 0 Å². The molecule has 2 N–H and O–H groups in total. The molecule has 1 aliphatic rings. The Kier molecular flexibility index (Phi) is 5.38. The third-order valence-corrected chi connectivity index (χ3v) is 3.84. The van der Waals surface area contributed by atoms with Gasteiger partial charge in [0.15, 0.2) is 0 Å². The molecule has 1 aromatic carbocycles. The summed E-state index contributed by atoms with van der Waals surface area (Å²) in [6.07, 6.45) is 0. The molecule has 0 unspecified atom stereocenters. The molecule has 1 aromatic rings. The SMILES string of the molecule is CNC(=O)c1ccc(C(=O)NCC2CN(C(=O)CCl)C2)cc1. The quantitative estimate of drug-likeness (QED) is 0.773. The molecule has 1 fully saturated rings. The van der Waals surface area contributed by atoms with Crippen LogP contribution in [0.25, 0.3) is 0 Å². The Balaban J connectivity index is 1.79. The molecule has 0 bridgehead atoms. The van der Waals surface area contributed by atoms with Gasteiger partial charge in [-0.25, -0.2) is 0 Å². The molecule has 0 radical (unpaired) electrons. The van der Waals surface area contributed by atoms with Crippen molar-refractivity contribution in [1.82, 2.24) is 15.5 Å². The van der Waals surface area contributed by atoms with E-state index in [0.29, 0.717) is 30.8 Å². The topological polar surface area (TPSA) is 78.5 Å². The van der Waals surface area contributed by atoms with Gasteiger partial charge in [-0.05, 0) is 24.3 Å². The molecular weight excluding hydrogens is 306 g/mol. The highest BCUT2D eigenvalue weighted by atomic mass is 35.5. The highest BCUT2D eigenvalue weighted by molar-refractivity contribution is 6.27. The summed E-state index contributed by atoms with van der Waals surface area (Å²) in [5.74, 6) is -0.192. The lowest BCUT2D eigenvalue weighted by Gasteiger charge is -2.39. The minimum Gasteiger partial charge on any atom is -0.355 e. The molecule has 118 valence electrons. The number of carbonyl (C=O) groups excluding carboxylic acids is 3. The van der Waals surface area contributed by atoms with Gasteiger partial charge in [-0.1, -0.05) is 0 Å². The molecule has 0 aromatic heterocycles. The molecule has 1 heterocycles. The van der Waals surface area contributed by atoms with Crippen LogP contribution >= 0.6 is 11.6 Å². The van der Waals surface area contributed by atoms with Crippen molar-refractivity contribution in [3.63, 3.8) is 0 Å². The van der Waals surface area contributed by atoms with Crippen molar-refractivity contribution in [2.24, 2.45) is 5.92 Å². The molecule has 0 aliphatic carbocycles. The van der Waals surface area contributed by atoms with Crippen molar-refractivity contribution in [2.75, 3.05) is 32.6 Å². The first-order valence-electron chi connectivity index (χ1n) is 6.99. The van der Waals surface area contributed by atoms with E-state index in [-0.39, 0.29) is 29.5 Å². The smallest absolute Gasteiger partial charge is 0.251 e. The number of rotatable bonds is 5. The monoisotopic (exact) mass is 323 g/mol. The van der Waals surface area contributed by atoms with Crippen LogP contribution in [0.2, 0.25) is 0 Å². The zero-order valence-corrected chi connectivity index (χ0v) is 13.0. The zero-order valence-electron chi connectivity index (χ0n) is 12.3. The van der Waals surface area contributed by atoms with E-state index in [2.05, 4.69) is 10.6 Å². The second-order valence-electron chi connectivity index (χ2n) is 5.16. The predicted molar refractivity (Wildman–Crippen MR) is 83.0 cm³/mol. The van der Waals surface area contributed by atoms with E-state index in [0.717, 1.165) is 0 Å². The molecule has 0 atom stereocenters. The van der Waals surface area contributed by atoms with Crippen LogP contribution in [0.1, 0.15) is 20.7 Å². The van der Waals surface area contributed by atoms with E-state index < -0.39 is 0 Å². The summed E-state index contributed by atoms with van der Waals surface area (Å²) in [7, 11) is 1.56. The molecular formula is C15H18ClN3O3. The maximum absolute atomic E-state index is 12.0. The lowest BCUT2D eigenvalue weighted by molar-refractivity contribution is -0.134. The normalized spacial score (nSPS) is 14.2. The lowest BCUT2D eigenvalue weighted by atomic mass is 10.00. The van der Waals surface area contributed by atoms with Gasteiger partial charge in [-0.3, -0.25) is 14.4 Å². The fourth-order valence-corrected chi connectivity index (χ4v) is 2.41. The van der Waals surface area contributed by atoms with Crippen LogP contribution in [0.5, 0.6) is 0 Å². The number of benzene rings is 1. The molecule has 0 saturated carbocycles. The van der Waals surface area contributed by atoms with E-state index in [9.17, 15) is 14.4 Å². The Bertz CT molecular complexity index is 568. The highest BCUT2D eigenvalue weighted by Gasteiger charge is 2.30. The number of likely N-dealkylation sites (tertiary alicyclic amines) is 1. The maximum atomic E-state index is 12.0. The van der Waals surface area contributed by atoms with Crippen LogP contribution in [0.3, 0.4) is 0 Å². The zero-order chi connectivity index (χ0) is 16.1. The summed E-state index contributed by atoms with van der Waals surface area (Å²) in [5.41, 5.74) is 1.01. The average molecular weight is 324 g/mol. The largest absolute Gasteiger partial charge is 0.355 e. The van der Waals surface area contributed by atoms with Gasteiger partial charge in [0.2, 0.25) is 5.91 Å². The third-order valence-electron chi connectivity index (χ3n) is 3.61. The summed E-state index contributed by atoms with van der Waals surface area (Å²) in [6.45, 7) is 1.77. The fourth-order valence-electron chi connectivity index (χ4n) is 2.24. The molecule has 2 rings (SSSR count). The van der Waals surface area contributed by atoms with E-state index >= 15 is 0 Å². The standard InChI is InChI=1S/C15H18ClN3O3/c1-17-14(21)11-2-4-12(5-3-11)15(22)18-7-10-8-19(9-10)13(20)6-16/h2-5,10H,6-9H2,1H3,(H,17,21)(H,18,22). The first-order chi connectivity index (χ1) is 10.5. The maximum Gasteiger partial charge on any atom is 0.251 e. The molecule has 7 heteroatoms. The van der Waals surface area contributed by atoms with Gasteiger partial charge in [0.05, 0.1) is 0 Å². The first-order valence-corrected chi connectivity index (χ1v) is 7.52. The second-order valence-corrected chi connectivity index (χ2v) is 5.43. The summed E-state index contributed by atoms with van der Waals surface area (Å²) in [4.78, 5) is 36.4. The third kappa shape index (κ3) is 3.76. The van der Waals surface area contributed by atoms with Crippen LogP contribution in [0.15, 0.2) is 24.3 Å². The molecule has 22 heavy (non-hydrogen) atoms. The molecule has 1 aliphatic heterocycles. The van der Waals surface area contributed by atoms with E-state index in [4.69, 9.17) is 11.6 Å². The van der Waals surface area contributed by atoms with Crippen molar-refractivity contribution in [3.8, 4) is 0 Å². The van der Waals surface area contributed by atoms with Gasteiger partial charge >= 0.3 is 0 Å². The number of hydrogen-bond acceptors (Lipinski definition) is 3. The molecule has 0 spiro atoms. The fraction of sp³-hybridized carbons (Fsp3) is 0.400. The van der Waals surface area contributed by atoms with E-state index in [1.807, 2.05) is 0 Å². The van der Waals surface area contributed by atoms with Gasteiger partial charge < -0.3 is 15.5 Å². The van der Waals surface area contributed by atoms with Crippen LogP contribution in [-0.4, -0.2) is 55.2 Å². The van der Waals surface area contributed by atoms with Crippen molar-refractivity contribution in [3.05, 3.63) is 35.4 Å².